The lowest BCUT2D eigenvalue weighted by Crippen LogP contribution is -2.30. The lowest BCUT2D eigenvalue weighted by atomic mass is 10.1. The Hall–Kier alpha value is -3.15. The van der Waals surface area contributed by atoms with E-state index in [1.807, 2.05) is 0 Å². The Kier molecular flexibility index (Phi) is 46.0. The van der Waals surface area contributed by atoms with E-state index in [9.17, 15) is 14.4 Å². The molecule has 1 unspecified atom stereocenters. The minimum absolute atomic E-state index is 0.0885. The number of carbonyl (C=O) groups excluding carboxylic acids is 3. The van der Waals surface area contributed by atoms with Crippen molar-refractivity contribution in [1.82, 2.24) is 0 Å². The van der Waals surface area contributed by atoms with E-state index in [1.165, 1.54) is 83.5 Å². The Balaban J connectivity index is 4.40. The van der Waals surface area contributed by atoms with Crippen LogP contribution in [0.15, 0.2) is 72.9 Å². The zero-order chi connectivity index (χ0) is 43.7. The van der Waals surface area contributed by atoms with E-state index < -0.39 is 6.10 Å². The van der Waals surface area contributed by atoms with Crippen molar-refractivity contribution in [2.45, 2.75) is 239 Å². The Morgan fingerprint density at radius 3 is 1.05 bits per heavy atom. The highest BCUT2D eigenvalue weighted by molar-refractivity contribution is 5.71. The maximum atomic E-state index is 12.7. The Bertz CT molecular complexity index is 1140. The number of esters is 3. The standard InChI is InChI=1S/C54H92O6/c1-4-7-10-13-16-19-21-23-25-26-27-28-29-31-32-35-38-41-44-47-53(56)59-50-51(49-58-52(55)46-43-40-37-34-18-15-12-9-6-3)60-54(57)48-45-42-39-36-33-30-24-22-20-17-14-11-8-5-2/h7,10,16,19,22-25,27-28,31-32,51H,4-6,8-9,11-15,17-18,20-21,26,29-30,33-50H2,1-3H3/b10-7-,19-16-,24-22-,25-23-,28-27-,32-31-. The van der Waals surface area contributed by atoms with Crippen molar-refractivity contribution in [2.75, 3.05) is 13.2 Å². The van der Waals surface area contributed by atoms with Gasteiger partial charge in [0.2, 0.25) is 0 Å². The summed E-state index contributed by atoms with van der Waals surface area (Å²) in [7, 11) is 0. The fourth-order valence-corrected chi connectivity index (χ4v) is 6.70. The Morgan fingerprint density at radius 1 is 0.350 bits per heavy atom. The molecule has 0 aromatic heterocycles. The van der Waals surface area contributed by atoms with E-state index in [4.69, 9.17) is 14.2 Å². The van der Waals surface area contributed by atoms with Crippen molar-refractivity contribution in [3.05, 3.63) is 72.9 Å². The normalized spacial score (nSPS) is 12.7. The first kappa shape index (κ1) is 56.9. The summed E-state index contributed by atoms with van der Waals surface area (Å²) in [4.78, 5) is 37.8. The highest BCUT2D eigenvalue weighted by atomic mass is 16.6. The van der Waals surface area contributed by atoms with Gasteiger partial charge in [-0.25, -0.2) is 0 Å². The molecule has 60 heavy (non-hydrogen) atoms. The van der Waals surface area contributed by atoms with Gasteiger partial charge in [0.1, 0.15) is 13.2 Å². The first-order valence-electron chi connectivity index (χ1n) is 24.9. The second kappa shape index (κ2) is 48.5. The fourth-order valence-electron chi connectivity index (χ4n) is 6.70. The topological polar surface area (TPSA) is 78.9 Å². The SMILES string of the molecule is CC/C=C\C/C=C\C/C=C\C/C=C\C/C=C\CCCCCC(=O)OCC(COC(=O)CCCCCCCCCCC)OC(=O)CCCCCCC/C=C\CCCCCCC. The molecule has 0 aliphatic heterocycles. The molecule has 0 aliphatic rings. The molecule has 0 aromatic rings. The molecular weight excluding hydrogens is 745 g/mol. The summed E-state index contributed by atoms with van der Waals surface area (Å²) in [5.74, 6) is -0.934. The van der Waals surface area contributed by atoms with Gasteiger partial charge < -0.3 is 14.2 Å². The van der Waals surface area contributed by atoms with Gasteiger partial charge in [0.05, 0.1) is 0 Å². The summed E-state index contributed by atoms with van der Waals surface area (Å²) < 4.78 is 16.7. The van der Waals surface area contributed by atoms with E-state index in [0.717, 1.165) is 109 Å². The molecule has 1 atom stereocenters. The van der Waals surface area contributed by atoms with Gasteiger partial charge in [-0.15, -0.1) is 0 Å². The molecule has 0 heterocycles. The predicted octanol–water partition coefficient (Wildman–Crippen LogP) is 16.3. The van der Waals surface area contributed by atoms with Gasteiger partial charge in [-0.2, -0.15) is 0 Å². The third kappa shape index (κ3) is 45.9. The smallest absolute Gasteiger partial charge is 0.306 e. The van der Waals surface area contributed by atoms with E-state index in [1.54, 1.807) is 0 Å². The minimum atomic E-state index is -0.790. The van der Waals surface area contributed by atoms with Crippen LogP contribution >= 0.6 is 0 Å². The molecule has 0 aliphatic carbocycles. The molecule has 0 saturated carbocycles. The molecule has 0 fully saturated rings. The molecule has 6 nitrogen and oxygen atoms in total. The van der Waals surface area contributed by atoms with Crippen LogP contribution < -0.4 is 0 Å². The summed E-state index contributed by atoms with van der Waals surface area (Å²) in [6.45, 7) is 6.45. The number of carbonyl (C=O) groups is 3. The van der Waals surface area contributed by atoms with Crippen molar-refractivity contribution in [3.63, 3.8) is 0 Å². The van der Waals surface area contributed by atoms with E-state index in [2.05, 4.69) is 93.7 Å². The van der Waals surface area contributed by atoms with Gasteiger partial charge in [-0.05, 0) is 89.9 Å². The van der Waals surface area contributed by atoms with E-state index >= 15 is 0 Å². The Labute approximate surface area is 370 Å². The number of hydrogen-bond acceptors (Lipinski definition) is 6. The van der Waals surface area contributed by atoms with Crippen molar-refractivity contribution in [2.24, 2.45) is 0 Å². The molecule has 0 bridgehead atoms. The molecule has 0 aromatic carbocycles. The third-order valence-electron chi connectivity index (χ3n) is 10.4. The molecule has 0 rings (SSSR count). The van der Waals surface area contributed by atoms with Gasteiger partial charge in [0.25, 0.3) is 0 Å². The average Bonchev–Trinajstić information content (AvgIpc) is 3.24. The molecule has 0 saturated heterocycles. The van der Waals surface area contributed by atoms with Gasteiger partial charge >= 0.3 is 17.9 Å². The first-order chi connectivity index (χ1) is 29.5. The van der Waals surface area contributed by atoms with Crippen molar-refractivity contribution in [1.29, 1.82) is 0 Å². The van der Waals surface area contributed by atoms with Crippen LogP contribution in [0.5, 0.6) is 0 Å². The van der Waals surface area contributed by atoms with Gasteiger partial charge in [-0.3, -0.25) is 14.4 Å². The molecule has 0 amide bonds. The van der Waals surface area contributed by atoms with Crippen LogP contribution in [0.25, 0.3) is 0 Å². The first-order valence-corrected chi connectivity index (χ1v) is 24.9. The molecule has 0 radical (unpaired) electrons. The highest BCUT2D eigenvalue weighted by Crippen LogP contribution is 2.13. The van der Waals surface area contributed by atoms with Crippen LogP contribution in [0.3, 0.4) is 0 Å². The number of allylic oxidation sites excluding steroid dienone is 12. The monoisotopic (exact) mass is 837 g/mol. The summed E-state index contributed by atoms with van der Waals surface area (Å²) in [5.41, 5.74) is 0. The van der Waals surface area contributed by atoms with Gasteiger partial charge in [0.15, 0.2) is 6.10 Å². The van der Waals surface area contributed by atoms with Crippen LogP contribution in [-0.4, -0.2) is 37.2 Å². The highest BCUT2D eigenvalue weighted by Gasteiger charge is 2.19. The summed E-state index contributed by atoms with van der Waals surface area (Å²) in [6.07, 6.45) is 60.3. The molecular formula is C54H92O6. The van der Waals surface area contributed by atoms with E-state index in [-0.39, 0.29) is 31.1 Å². The predicted molar refractivity (Wildman–Crippen MR) is 256 cm³/mol. The van der Waals surface area contributed by atoms with Gasteiger partial charge in [0, 0.05) is 19.3 Å². The van der Waals surface area contributed by atoms with Crippen molar-refractivity contribution < 1.29 is 28.6 Å². The molecule has 0 N–H and O–H groups in total. The van der Waals surface area contributed by atoms with Crippen molar-refractivity contribution >= 4 is 17.9 Å². The van der Waals surface area contributed by atoms with Gasteiger partial charge in [-0.1, -0.05) is 196 Å². The zero-order valence-corrected chi connectivity index (χ0v) is 39.2. The van der Waals surface area contributed by atoms with Crippen LogP contribution in [0.1, 0.15) is 233 Å². The average molecular weight is 837 g/mol. The van der Waals surface area contributed by atoms with Crippen LogP contribution in [-0.2, 0) is 28.6 Å². The second-order valence-corrected chi connectivity index (χ2v) is 16.3. The largest absolute Gasteiger partial charge is 0.462 e. The zero-order valence-electron chi connectivity index (χ0n) is 39.2. The third-order valence-corrected chi connectivity index (χ3v) is 10.4. The van der Waals surface area contributed by atoms with E-state index in [0.29, 0.717) is 19.3 Å². The fraction of sp³-hybridized carbons (Fsp3) is 0.722. The lowest BCUT2D eigenvalue weighted by Gasteiger charge is -2.18. The number of ether oxygens (including phenoxy) is 3. The van der Waals surface area contributed by atoms with Crippen LogP contribution in [0, 0.1) is 0 Å². The summed E-state index contributed by atoms with van der Waals surface area (Å²) in [5, 5.41) is 0. The summed E-state index contributed by atoms with van der Waals surface area (Å²) >= 11 is 0. The number of rotatable bonds is 44. The minimum Gasteiger partial charge on any atom is -0.462 e. The molecule has 0 spiro atoms. The maximum absolute atomic E-state index is 12.7. The summed E-state index contributed by atoms with van der Waals surface area (Å²) in [6, 6.07) is 0. The van der Waals surface area contributed by atoms with Crippen molar-refractivity contribution in [3.8, 4) is 0 Å². The second-order valence-electron chi connectivity index (χ2n) is 16.3. The maximum Gasteiger partial charge on any atom is 0.306 e. The molecule has 344 valence electrons. The Morgan fingerprint density at radius 2 is 0.650 bits per heavy atom. The number of unbranched alkanes of at least 4 members (excludes halogenated alkanes) is 21. The lowest BCUT2D eigenvalue weighted by molar-refractivity contribution is -0.167. The number of hydrogen-bond donors (Lipinski definition) is 0. The van der Waals surface area contributed by atoms with Crippen LogP contribution in [0.4, 0.5) is 0 Å². The van der Waals surface area contributed by atoms with Crippen LogP contribution in [0.2, 0.25) is 0 Å². The molecule has 6 heteroatoms. The quantitative estimate of drug-likeness (QED) is 0.0263.